The van der Waals surface area contributed by atoms with Crippen LogP contribution in [0.15, 0.2) is 29.1 Å². The number of aromatic hydroxyl groups is 1. The molecule has 4 aliphatic rings. The van der Waals surface area contributed by atoms with Gasteiger partial charge in [-0.1, -0.05) is 32.9 Å². The lowest BCUT2D eigenvalue weighted by Crippen LogP contribution is -2.64. The van der Waals surface area contributed by atoms with Crippen LogP contribution >= 0.6 is 12.4 Å². The summed E-state index contributed by atoms with van der Waals surface area (Å²) in [6.07, 6.45) is 6.95. The second-order valence-corrected chi connectivity index (χ2v) is 10.6. The molecule has 2 aliphatic heterocycles. The molecule has 3 heterocycles. The van der Waals surface area contributed by atoms with Gasteiger partial charge in [0, 0.05) is 24.0 Å². The fourth-order valence-electron chi connectivity index (χ4n) is 6.83. The van der Waals surface area contributed by atoms with Gasteiger partial charge in [0.2, 0.25) is 0 Å². The van der Waals surface area contributed by atoms with Gasteiger partial charge in [-0.25, -0.2) is 0 Å². The Morgan fingerprint density at radius 3 is 2.27 bits per heavy atom. The molecule has 33 heavy (non-hydrogen) atoms. The van der Waals surface area contributed by atoms with Crippen molar-refractivity contribution in [1.29, 1.82) is 0 Å². The third kappa shape index (κ3) is 4.17. The summed E-state index contributed by atoms with van der Waals surface area (Å²) in [5.74, 6) is 1.25. The molecule has 2 saturated heterocycles. The molecule has 1 aromatic heterocycles. The standard InChI is InChI=1S/C26H35N3O3.ClH/c1-4-22(29-18-10-16-9-17(12-18)13-19(29)11-16)27-25(31)23-24(30)20-7-5-6-8-21(20)28(26(23)32)14-15(2)3;/h5-8,15-19,22,30H,4,9-14H2,1-3H3,(H,27,31);1H. The summed E-state index contributed by atoms with van der Waals surface area (Å²) in [7, 11) is 0. The summed E-state index contributed by atoms with van der Waals surface area (Å²) in [6, 6.07) is 8.33. The van der Waals surface area contributed by atoms with Crippen molar-refractivity contribution in [2.45, 2.75) is 84.1 Å². The third-order valence-electron chi connectivity index (χ3n) is 7.90. The van der Waals surface area contributed by atoms with E-state index in [2.05, 4.69) is 17.1 Å². The zero-order valence-electron chi connectivity index (χ0n) is 19.8. The molecule has 1 amide bonds. The summed E-state index contributed by atoms with van der Waals surface area (Å²) >= 11 is 0. The average molecular weight is 474 g/mol. The van der Waals surface area contributed by atoms with E-state index in [0.29, 0.717) is 29.5 Å². The number of hydrogen-bond donors (Lipinski definition) is 2. The highest BCUT2D eigenvalue weighted by atomic mass is 35.5. The second-order valence-electron chi connectivity index (χ2n) is 10.6. The minimum Gasteiger partial charge on any atom is -0.506 e. The van der Waals surface area contributed by atoms with E-state index in [0.717, 1.165) is 18.3 Å². The smallest absolute Gasteiger partial charge is 0.267 e. The highest BCUT2D eigenvalue weighted by Gasteiger charge is 2.49. The number of aromatic nitrogens is 1. The minimum atomic E-state index is -0.462. The molecule has 4 fully saturated rings. The van der Waals surface area contributed by atoms with Crippen molar-refractivity contribution in [3.8, 4) is 5.75 Å². The number of carbonyl (C=O) groups excluding carboxylic acids is 1. The second kappa shape index (κ2) is 9.30. The Labute approximate surface area is 201 Å². The number of amides is 1. The molecule has 2 aliphatic carbocycles. The van der Waals surface area contributed by atoms with Crippen molar-refractivity contribution >= 4 is 29.2 Å². The highest BCUT2D eigenvalue weighted by Crippen LogP contribution is 2.49. The number of fused-ring (bicyclic) bond motifs is 1. The first-order chi connectivity index (χ1) is 15.4. The van der Waals surface area contributed by atoms with Gasteiger partial charge >= 0.3 is 0 Å². The van der Waals surface area contributed by atoms with Crippen molar-refractivity contribution in [2.24, 2.45) is 17.8 Å². The topological polar surface area (TPSA) is 74.6 Å². The lowest BCUT2D eigenvalue weighted by Gasteiger charge is -2.58. The number of benzene rings is 1. The van der Waals surface area contributed by atoms with E-state index in [4.69, 9.17) is 0 Å². The Kier molecular flexibility index (Phi) is 6.79. The predicted molar refractivity (Wildman–Crippen MR) is 133 cm³/mol. The monoisotopic (exact) mass is 473 g/mol. The molecule has 1 unspecified atom stereocenters. The van der Waals surface area contributed by atoms with Gasteiger partial charge in [-0.3, -0.25) is 14.5 Å². The molecular formula is C26H36ClN3O3. The third-order valence-corrected chi connectivity index (χ3v) is 7.90. The SMILES string of the molecule is CCC(NC(=O)c1c(O)c2ccccc2n(CC(C)C)c1=O)N1C2CC3CC(C2)CC1C3.Cl. The molecular weight excluding hydrogens is 438 g/mol. The molecule has 4 bridgehead atoms. The quantitative estimate of drug-likeness (QED) is 0.647. The molecule has 6 nitrogen and oxygen atoms in total. The van der Waals surface area contributed by atoms with Crippen LogP contribution in [0.3, 0.4) is 0 Å². The van der Waals surface area contributed by atoms with Crippen molar-refractivity contribution < 1.29 is 9.90 Å². The number of nitrogens with zero attached hydrogens (tertiary/aromatic N) is 2. The lowest BCUT2D eigenvalue weighted by atomic mass is 9.63. The Hall–Kier alpha value is -2.05. The van der Waals surface area contributed by atoms with Crippen LogP contribution in [-0.2, 0) is 6.54 Å². The van der Waals surface area contributed by atoms with E-state index in [1.54, 1.807) is 10.6 Å². The Bertz CT molecular complexity index is 1070. The zero-order valence-corrected chi connectivity index (χ0v) is 20.6. The highest BCUT2D eigenvalue weighted by molar-refractivity contribution is 6.02. The van der Waals surface area contributed by atoms with Crippen LogP contribution < -0.4 is 10.9 Å². The predicted octanol–water partition coefficient (Wildman–Crippen LogP) is 4.51. The van der Waals surface area contributed by atoms with Gasteiger partial charge in [0.1, 0.15) is 11.3 Å². The zero-order chi connectivity index (χ0) is 22.6. The van der Waals surface area contributed by atoms with Gasteiger partial charge in [-0.15, -0.1) is 12.4 Å². The first kappa shape index (κ1) is 24.1. The number of halogens is 1. The van der Waals surface area contributed by atoms with Crippen molar-refractivity contribution in [3.05, 3.63) is 40.2 Å². The summed E-state index contributed by atoms with van der Waals surface area (Å²) in [4.78, 5) is 29.4. The Morgan fingerprint density at radius 1 is 1.09 bits per heavy atom. The van der Waals surface area contributed by atoms with Gasteiger partial charge in [0.25, 0.3) is 11.5 Å². The fraction of sp³-hybridized carbons (Fsp3) is 0.615. The van der Waals surface area contributed by atoms with Crippen molar-refractivity contribution in [1.82, 2.24) is 14.8 Å². The van der Waals surface area contributed by atoms with Gasteiger partial charge in [-0.05, 0) is 68.4 Å². The number of piperidine rings is 2. The van der Waals surface area contributed by atoms with E-state index < -0.39 is 11.5 Å². The fourth-order valence-corrected chi connectivity index (χ4v) is 6.83. The van der Waals surface area contributed by atoms with Gasteiger partial charge < -0.3 is 15.0 Å². The Morgan fingerprint density at radius 2 is 1.70 bits per heavy atom. The normalized spacial score (nSPS) is 27.0. The van der Waals surface area contributed by atoms with Crippen LogP contribution in [0, 0.1) is 17.8 Å². The van der Waals surface area contributed by atoms with E-state index in [1.807, 2.05) is 32.0 Å². The lowest BCUT2D eigenvalue weighted by molar-refractivity contribution is -0.0875. The van der Waals surface area contributed by atoms with E-state index in [-0.39, 0.29) is 35.8 Å². The molecule has 2 aromatic rings. The first-order valence-corrected chi connectivity index (χ1v) is 12.3. The Balaban J connectivity index is 0.00000259. The number of rotatable bonds is 6. The van der Waals surface area contributed by atoms with E-state index in [9.17, 15) is 14.7 Å². The van der Waals surface area contributed by atoms with Crippen LogP contribution in [0.4, 0.5) is 0 Å². The average Bonchev–Trinajstić information content (AvgIpc) is 2.75. The van der Waals surface area contributed by atoms with Crippen molar-refractivity contribution in [3.63, 3.8) is 0 Å². The molecule has 1 aromatic carbocycles. The maximum atomic E-state index is 13.5. The molecule has 180 valence electrons. The number of pyridine rings is 1. The molecule has 0 radical (unpaired) electrons. The number of hydrogen-bond acceptors (Lipinski definition) is 4. The van der Waals surface area contributed by atoms with Gasteiger partial charge in [0.15, 0.2) is 0 Å². The molecule has 6 rings (SSSR count). The molecule has 7 heteroatoms. The molecule has 0 spiro atoms. The minimum absolute atomic E-state index is 0. The summed E-state index contributed by atoms with van der Waals surface area (Å²) in [6.45, 7) is 6.67. The largest absolute Gasteiger partial charge is 0.506 e. The first-order valence-electron chi connectivity index (χ1n) is 12.3. The summed E-state index contributed by atoms with van der Waals surface area (Å²) in [5.41, 5.74) is 0.118. The molecule has 2 N–H and O–H groups in total. The number of para-hydroxylation sites is 1. The van der Waals surface area contributed by atoms with E-state index in [1.165, 1.54) is 32.1 Å². The maximum Gasteiger partial charge on any atom is 0.267 e. The van der Waals surface area contributed by atoms with Gasteiger partial charge in [0.05, 0.1) is 11.7 Å². The van der Waals surface area contributed by atoms with Crippen LogP contribution in [0.25, 0.3) is 10.9 Å². The summed E-state index contributed by atoms with van der Waals surface area (Å²) in [5, 5.41) is 14.7. The number of carbonyl (C=O) groups is 1. The molecule has 2 saturated carbocycles. The van der Waals surface area contributed by atoms with Crippen LogP contribution in [-0.4, -0.2) is 38.7 Å². The summed E-state index contributed by atoms with van der Waals surface area (Å²) < 4.78 is 1.64. The number of nitrogens with one attached hydrogen (secondary N) is 1. The van der Waals surface area contributed by atoms with Crippen LogP contribution in [0.1, 0.15) is 69.7 Å². The van der Waals surface area contributed by atoms with Crippen molar-refractivity contribution in [2.75, 3.05) is 0 Å². The van der Waals surface area contributed by atoms with Crippen LogP contribution in [0.2, 0.25) is 0 Å². The van der Waals surface area contributed by atoms with Gasteiger partial charge in [-0.2, -0.15) is 0 Å². The maximum absolute atomic E-state index is 13.5. The van der Waals surface area contributed by atoms with Crippen LogP contribution in [0.5, 0.6) is 5.75 Å². The molecule has 1 atom stereocenters. The van der Waals surface area contributed by atoms with E-state index >= 15 is 0 Å².